The normalized spacial score (nSPS) is 11.2. The molecule has 0 aromatic heterocycles. The average Bonchev–Trinajstić information content (AvgIpc) is 2.32. The van der Waals surface area contributed by atoms with Crippen LogP contribution in [0.25, 0.3) is 0 Å². The highest BCUT2D eigenvalue weighted by Crippen LogP contribution is 2.17. The van der Waals surface area contributed by atoms with Gasteiger partial charge >= 0.3 is 0 Å². The third-order valence-corrected chi connectivity index (χ3v) is 4.49. The van der Waals surface area contributed by atoms with Crippen molar-refractivity contribution in [3.63, 3.8) is 0 Å². The van der Waals surface area contributed by atoms with E-state index in [4.69, 9.17) is 0 Å². The number of sulfonamides is 1. The van der Waals surface area contributed by atoms with Gasteiger partial charge in [0, 0.05) is 9.26 Å². The molecule has 1 N–H and O–H groups in total. The van der Waals surface area contributed by atoms with Crippen LogP contribution in [0.4, 0.5) is 5.69 Å². The van der Waals surface area contributed by atoms with E-state index >= 15 is 0 Å². The van der Waals surface area contributed by atoms with Gasteiger partial charge in [0.05, 0.1) is 4.90 Å². The molecule has 0 heterocycles. The van der Waals surface area contributed by atoms with Crippen molar-refractivity contribution in [3.05, 3.63) is 57.7 Å². The topological polar surface area (TPSA) is 46.2 Å². The number of nitrogens with one attached hydrogen (secondary N) is 1. The van der Waals surface area contributed by atoms with Gasteiger partial charge in [-0.05, 0) is 71.5 Å². The predicted molar refractivity (Wildman–Crippen MR) is 81.1 cm³/mol. The van der Waals surface area contributed by atoms with Crippen LogP contribution in [0.1, 0.15) is 5.56 Å². The van der Waals surface area contributed by atoms with Crippen LogP contribution in [-0.2, 0) is 10.0 Å². The lowest BCUT2D eigenvalue weighted by Gasteiger charge is -2.08. The van der Waals surface area contributed by atoms with Crippen LogP contribution in [0, 0.1) is 10.5 Å². The van der Waals surface area contributed by atoms with Gasteiger partial charge < -0.3 is 0 Å². The van der Waals surface area contributed by atoms with E-state index in [1.54, 1.807) is 30.3 Å². The van der Waals surface area contributed by atoms with Crippen molar-refractivity contribution in [2.75, 3.05) is 4.72 Å². The SMILES string of the molecule is Cc1cccc(S(=O)(=O)Nc2ccc(I)cc2)c1. The van der Waals surface area contributed by atoms with Gasteiger partial charge in [0.2, 0.25) is 0 Å². The zero-order chi connectivity index (χ0) is 13.2. The summed E-state index contributed by atoms with van der Waals surface area (Å²) in [7, 11) is -3.50. The Hall–Kier alpha value is -1.08. The summed E-state index contributed by atoms with van der Waals surface area (Å²) in [6.45, 7) is 1.86. The molecule has 0 aliphatic rings. The molecule has 2 aromatic rings. The molecule has 0 bridgehead atoms. The van der Waals surface area contributed by atoms with Crippen molar-refractivity contribution < 1.29 is 8.42 Å². The highest BCUT2D eigenvalue weighted by Gasteiger charge is 2.13. The molecule has 0 fully saturated rings. The second-order valence-electron chi connectivity index (χ2n) is 3.93. The molecule has 0 aliphatic heterocycles. The predicted octanol–water partition coefficient (Wildman–Crippen LogP) is 3.40. The van der Waals surface area contributed by atoms with Crippen molar-refractivity contribution in [3.8, 4) is 0 Å². The molecule has 18 heavy (non-hydrogen) atoms. The van der Waals surface area contributed by atoms with Crippen molar-refractivity contribution in [2.45, 2.75) is 11.8 Å². The fourth-order valence-electron chi connectivity index (χ4n) is 1.51. The zero-order valence-corrected chi connectivity index (χ0v) is 12.7. The Labute approximate surface area is 120 Å². The molecule has 0 radical (unpaired) electrons. The number of hydrogen-bond acceptors (Lipinski definition) is 2. The lowest BCUT2D eigenvalue weighted by Crippen LogP contribution is -2.12. The minimum atomic E-state index is -3.50. The van der Waals surface area contributed by atoms with E-state index in [2.05, 4.69) is 27.3 Å². The summed E-state index contributed by atoms with van der Waals surface area (Å²) in [4.78, 5) is 0.279. The molecule has 3 nitrogen and oxygen atoms in total. The molecular formula is C13H12INO2S. The van der Waals surface area contributed by atoms with Crippen molar-refractivity contribution in [1.29, 1.82) is 0 Å². The molecule has 0 spiro atoms. The maximum atomic E-state index is 12.1. The number of anilines is 1. The quantitative estimate of drug-likeness (QED) is 0.839. The van der Waals surface area contributed by atoms with Crippen LogP contribution in [0.2, 0.25) is 0 Å². The molecule has 0 unspecified atom stereocenters. The second-order valence-corrected chi connectivity index (χ2v) is 6.86. The minimum Gasteiger partial charge on any atom is -0.280 e. The number of halogens is 1. The lowest BCUT2D eigenvalue weighted by molar-refractivity contribution is 0.601. The standard InChI is InChI=1S/C13H12INO2S/c1-10-3-2-4-13(9-10)18(16,17)15-12-7-5-11(14)6-8-12/h2-9,15H,1H3. The van der Waals surface area contributed by atoms with Gasteiger partial charge in [0.25, 0.3) is 10.0 Å². The summed E-state index contributed by atoms with van der Waals surface area (Å²) in [5.74, 6) is 0. The summed E-state index contributed by atoms with van der Waals surface area (Å²) in [6, 6.07) is 14.0. The number of benzene rings is 2. The number of hydrogen-bond donors (Lipinski definition) is 1. The highest BCUT2D eigenvalue weighted by atomic mass is 127. The molecule has 0 atom stereocenters. The van der Waals surface area contributed by atoms with Crippen LogP contribution in [0.3, 0.4) is 0 Å². The summed E-state index contributed by atoms with van der Waals surface area (Å²) in [5.41, 5.74) is 1.48. The molecule has 2 aromatic carbocycles. The first kappa shape index (κ1) is 13.4. The molecule has 2 rings (SSSR count). The number of rotatable bonds is 3. The first-order valence-electron chi connectivity index (χ1n) is 5.32. The Balaban J connectivity index is 2.30. The van der Waals surface area contributed by atoms with Gasteiger partial charge in [0.15, 0.2) is 0 Å². The molecule has 0 amide bonds. The maximum Gasteiger partial charge on any atom is 0.261 e. The van der Waals surface area contributed by atoms with Gasteiger partial charge in [-0.25, -0.2) is 8.42 Å². The highest BCUT2D eigenvalue weighted by molar-refractivity contribution is 14.1. The van der Waals surface area contributed by atoms with Crippen LogP contribution < -0.4 is 4.72 Å². The molecule has 0 saturated carbocycles. The third kappa shape index (κ3) is 3.23. The van der Waals surface area contributed by atoms with Gasteiger partial charge in [-0.1, -0.05) is 12.1 Å². The Bertz CT molecular complexity index is 651. The largest absolute Gasteiger partial charge is 0.280 e. The molecule has 5 heteroatoms. The Morgan fingerprint density at radius 2 is 1.72 bits per heavy atom. The van der Waals surface area contributed by atoms with E-state index in [1.807, 2.05) is 25.1 Å². The molecule has 94 valence electrons. The van der Waals surface area contributed by atoms with E-state index in [0.717, 1.165) is 9.13 Å². The fourth-order valence-corrected chi connectivity index (χ4v) is 3.04. The van der Waals surface area contributed by atoms with Crippen molar-refractivity contribution in [2.24, 2.45) is 0 Å². The average molecular weight is 373 g/mol. The summed E-state index contributed by atoms with van der Waals surface area (Å²) < 4.78 is 27.9. The molecule has 0 aliphatic carbocycles. The third-order valence-electron chi connectivity index (χ3n) is 2.40. The van der Waals surface area contributed by atoms with E-state index < -0.39 is 10.0 Å². The van der Waals surface area contributed by atoms with E-state index in [0.29, 0.717) is 5.69 Å². The van der Waals surface area contributed by atoms with E-state index in [9.17, 15) is 8.42 Å². The molecular weight excluding hydrogens is 361 g/mol. The molecule has 0 saturated heterocycles. The summed E-state index contributed by atoms with van der Waals surface area (Å²) in [5, 5.41) is 0. The first-order valence-corrected chi connectivity index (χ1v) is 7.89. The van der Waals surface area contributed by atoms with Gasteiger partial charge in [-0.15, -0.1) is 0 Å². The Morgan fingerprint density at radius 3 is 2.33 bits per heavy atom. The minimum absolute atomic E-state index is 0.279. The van der Waals surface area contributed by atoms with Crippen LogP contribution >= 0.6 is 22.6 Å². The Kier molecular flexibility index (Phi) is 3.91. The van der Waals surface area contributed by atoms with Crippen LogP contribution in [0.5, 0.6) is 0 Å². The van der Waals surface area contributed by atoms with Crippen LogP contribution in [-0.4, -0.2) is 8.42 Å². The summed E-state index contributed by atoms with van der Waals surface area (Å²) >= 11 is 2.17. The van der Waals surface area contributed by atoms with E-state index in [-0.39, 0.29) is 4.90 Å². The second kappa shape index (κ2) is 5.27. The van der Waals surface area contributed by atoms with Crippen molar-refractivity contribution >= 4 is 38.3 Å². The Morgan fingerprint density at radius 1 is 1.06 bits per heavy atom. The van der Waals surface area contributed by atoms with Crippen molar-refractivity contribution in [1.82, 2.24) is 0 Å². The maximum absolute atomic E-state index is 12.1. The van der Waals surface area contributed by atoms with Gasteiger partial charge in [-0.3, -0.25) is 4.72 Å². The lowest BCUT2D eigenvalue weighted by atomic mass is 10.2. The number of aryl methyl sites for hydroxylation is 1. The fraction of sp³-hybridized carbons (Fsp3) is 0.0769. The smallest absolute Gasteiger partial charge is 0.261 e. The van der Waals surface area contributed by atoms with E-state index in [1.165, 1.54) is 0 Å². The van der Waals surface area contributed by atoms with Crippen LogP contribution in [0.15, 0.2) is 53.4 Å². The van der Waals surface area contributed by atoms with Gasteiger partial charge in [0.1, 0.15) is 0 Å². The summed E-state index contributed by atoms with van der Waals surface area (Å²) in [6.07, 6.45) is 0. The first-order chi connectivity index (χ1) is 8.47. The van der Waals surface area contributed by atoms with Gasteiger partial charge in [-0.2, -0.15) is 0 Å². The zero-order valence-electron chi connectivity index (χ0n) is 9.72. The monoisotopic (exact) mass is 373 g/mol.